The Labute approximate surface area is 92.8 Å². The normalized spacial score (nSPS) is 18.8. The van der Waals surface area contributed by atoms with Gasteiger partial charge in [-0.1, -0.05) is 6.92 Å². The van der Waals surface area contributed by atoms with E-state index < -0.39 is 17.7 Å². The molecule has 84 valence electrons. The summed E-state index contributed by atoms with van der Waals surface area (Å²) in [5.74, 6) is -0.514. The van der Waals surface area contributed by atoms with Crippen LogP contribution in [0.25, 0.3) is 0 Å². The second-order valence-corrected chi connectivity index (χ2v) is 3.69. The molecule has 16 heavy (non-hydrogen) atoms. The summed E-state index contributed by atoms with van der Waals surface area (Å²) in [5, 5.41) is 9.31. The summed E-state index contributed by atoms with van der Waals surface area (Å²) < 4.78 is 5.35. The first kappa shape index (κ1) is 10.8. The number of carbonyl (C=O) groups excluding carboxylic acids is 2. The van der Waals surface area contributed by atoms with Crippen LogP contribution in [-0.2, 0) is 0 Å². The van der Waals surface area contributed by atoms with Crippen molar-refractivity contribution in [2.24, 2.45) is 0 Å². The van der Waals surface area contributed by atoms with Crippen molar-refractivity contribution in [3.63, 3.8) is 0 Å². The van der Waals surface area contributed by atoms with Crippen molar-refractivity contribution in [3.8, 4) is 5.75 Å². The summed E-state index contributed by atoms with van der Waals surface area (Å²) in [6.45, 7) is 2.54. The Morgan fingerprint density at radius 3 is 2.62 bits per heavy atom. The topological polar surface area (TPSA) is 63.6 Å². The van der Waals surface area contributed by atoms with Crippen molar-refractivity contribution in [1.29, 1.82) is 0 Å². The van der Waals surface area contributed by atoms with Gasteiger partial charge in [-0.3, -0.25) is 9.59 Å². The molecular formula is C12H12O4. The molecule has 1 unspecified atom stereocenters. The van der Waals surface area contributed by atoms with Crippen LogP contribution in [0.5, 0.6) is 5.75 Å². The highest BCUT2D eigenvalue weighted by Crippen LogP contribution is 2.26. The van der Waals surface area contributed by atoms with Gasteiger partial charge >= 0.3 is 0 Å². The van der Waals surface area contributed by atoms with E-state index in [1.54, 1.807) is 6.07 Å². The zero-order valence-electron chi connectivity index (χ0n) is 8.90. The zero-order valence-corrected chi connectivity index (χ0v) is 8.90. The fourth-order valence-corrected chi connectivity index (χ4v) is 1.67. The third kappa shape index (κ3) is 1.61. The molecule has 1 N–H and O–H groups in total. The number of carbonyl (C=O) groups is 2. The summed E-state index contributed by atoms with van der Waals surface area (Å²) >= 11 is 0. The molecule has 1 aliphatic rings. The molecule has 0 fully saturated rings. The highest BCUT2D eigenvalue weighted by molar-refractivity contribution is 6.28. The van der Waals surface area contributed by atoms with E-state index in [0.29, 0.717) is 12.4 Å². The number of rotatable bonds is 3. The van der Waals surface area contributed by atoms with Gasteiger partial charge in [-0.15, -0.1) is 0 Å². The van der Waals surface area contributed by atoms with Gasteiger partial charge in [-0.2, -0.15) is 0 Å². The van der Waals surface area contributed by atoms with Gasteiger partial charge in [0.25, 0.3) is 0 Å². The smallest absolute Gasteiger partial charge is 0.200 e. The molecule has 0 aromatic heterocycles. The molecule has 1 aromatic rings. The number of aliphatic hydroxyl groups excluding tert-OH is 1. The average molecular weight is 220 g/mol. The van der Waals surface area contributed by atoms with Gasteiger partial charge in [0, 0.05) is 11.1 Å². The maximum absolute atomic E-state index is 11.5. The van der Waals surface area contributed by atoms with Crippen molar-refractivity contribution >= 4 is 11.6 Å². The Kier molecular flexibility index (Phi) is 2.75. The summed E-state index contributed by atoms with van der Waals surface area (Å²) in [7, 11) is 0. The van der Waals surface area contributed by atoms with Gasteiger partial charge in [-0.05, 0) is 24.6 Å². The van der Waals surface area contributed by atoms with E-state index in [4.69, 9.17) is 4.74 Å². The van der Waals surface area contributed by atoms with E-state index >= 15 is 0 Å². The second-order valence-electron chi connectivity index (χ2n) is 3.69. The number of fused-ring (bicyclic) bond motifs is 1. The Morgan fingerprint density at radius 2 is 1.94 bits per heavy atom. The van der Waals surface area contributed by atoms with Crippen LogP contribution in [0.2, 0.25) is 0 Å². The van der Waals surface area contributed by atoms with Crippen LogP contribution in [-0.4, -0.2) is 29.4 Å². The minimum Gasteiger partial charge on any atom is -0.494 e. The van der Waals surface area contributed by atoms with Crippen molar-refractivity contribution in [2.75, 3.05) is 6.61 Å². The summed E-state index contributed by atoms with van der Waals surface area (Å²) in [5.41, 5.74) is 0.535. The fraction of sp³-hybridized carbons (Fsp3) is 0.333. The fourth-order valence-electron chi connectivity index (χ4n) is 1.67. The molecule has 0 saturated carbocycles. The molecule has 1 atom stereocenters. The van der Waals surface area contributed by atoms with Gasteiger partial charge in [0.1, 0.15) is 5.75 Å². The molecule has 0 aliphatic heterocycles. The number of benzene rings is 1. The number of aliphatic hydroxyl groups is 1. The van der Waals surface area contributed by atoms with Gasteiger partial charge in [0.2, 0.25) is 0 Å². The predicted octanol–water partition coefficient (Wildman–Crippen LogP) is 1.22. The van der Waals surface area contributed by atoms with Crippen LogP contribution in [0.3, 0.4) is 0 Å². The van der Waals surface area contributed by atoms with Crippen LogP contribution in [0, 0.1) is 0 Å². The minimum atomic E-state index is -1.53. The standard InChI is InChI=1S/C12H12O4/c1-2-5-16-7-3-4-8-9(6-7)11(14)12(15)10(8)13/h3-4,6,12,15H,2,5H2,1H3. The first-order valence-corrected chi connectivity index (χ1v) is 5.18. The predicted molar refractivity (Wildman–Crippen MR) is 56.9 cm³/mol. The van der Waals surface area contributed by atoms with Crippen LogP contribution in [0.1, 0.15) is 34.1 Å². The van der Waals surface area contributed by atoms with Crippen LogP contribution >= 0.6 is 0 Å². The van der Waals surface area contributed by atoms with Crippen molar-refractivity contribution in [2.45, 2.75) is 19.4 Å². The van der Waals surface area contributed by atoms with Crippen molar-refractivity contribution in [1.82, 2.24) is 0 Å². The molecule has 0 bridgehead atoms. The van der Waals surface area contributed by atoms with Gasteiger partial charge < -0.3 is 9.84 Å². The van der Waals surface area contributed by atoms with Gasteiger partial charge in [-0.25, -0.2) is 0 Å². The molecule has 0 heterocycles. The summed E-state index contributed by atoms with van der Waals surface area (Å²) in [6.07, 6.45) is -0.663. The molecule has 2 rings (SSSR count). The zero-order chi connectivity index (χ0) is 11.7. The van der Waals surface area contributed by atoms with Gasteiger partial charge in [0.05, 0.1) is 6.61 Å². The molecule has 4 nitrogen and oxygen atoms in total. The van der Waals surface area contributed by atoms with Crippen LogP contribution < -0.4 is 4.74 Å². The monoisotopic (exact) mass is 220 g/mol. The first-order chi connectivity index (χ1) is 7.65. The second kappa shape index (κ2) is 4.06. The number of ketones is 2. The molecule has 1 aliphatic carbocycles. The van der Waals surface area contributed by atoms with Crippen molar-refractivity contribution in [3.05, 3.63) is 29.3 Å². The van der Waals surface area contributed by atoms with E-state index in [1.165, 1.54) is 12.1 Å². The largest absolute Gasteiger partial charge is 0.494 e. The van der Waals surface area contributed by atoms with Gasteiger partial charge in [0.15, 0.2) is 17.7 Å². The summed E-state index contributed by atoms with van der Waals surface area (Å²) in [6, 6.07) is 4.68. The Bertz CT molecular complexity index is 450. The quantitative estimate of drug-likeness (QED) is 0.778. The molecule has 0 spiro atoms. The lowest BCUT2D eigenvalue weighted by molar-refractivity contribution is 0.0663. The maximum atomic E-state index is 11.5. The van der Waals surface area contributed by atoms with E-state index in [-0.39, 0.29) is 11.1 Å². The first-order valence-electron chi connectivity index (χ1n) is 5.18. The lowest BCUT2D eigenvalue weighted by atomic mass is 10.1. The molecular weight excluding hydrogens is 208 g/mol. The number of Topliss-reactive ketones (excluding diaryl/α,β-unsaturated/α-hetero) is 2. The molecule has 0 radical (unpaired) electrons. The molecule has 0 amide bonds. The van der Waals surface area contributed by atoms with E-state index in [9.17, 15) is 14.7 Å². The molecule has 0 saturated heterocycles. The third-order valence-electron chi connectivity index (χ3n) is 2.49. The number of ether oxygens (including phenoxy) is 1. The van der Waals surface area contributed by atoms with E-state index in [0.717, 1.165) is 6.42 Å². The summed E-state index contributed by atoms with van der Waals surface area (Å²) in [4.78, 5) is 22.9. The van der Waals surface area contributed by atoms with E-state index in [1.807, 2.05) is 6.92 Å². The number of hydrogen-bond donors (Lipinski definition) is 1. The van der Waals surface area contributed by atoms with E-state index in [2.05, 4.69) is 0 Å². The Balaban J connectivity index is 2.34. The highest BCUT2D eigenvalue weighted by atomic mass is 16.5. The molecule has 4 heteroatoms. The lowest BCUT2D eigenvalue weighted by Gasteiger charge is -2.05. The molecule has 1 aromatic carbocycles. The average Bonchev–Trinajstić information content (AvgIpc) is 2.52. The van der Waals surface area contributed by atoms with Crippen LogP contribution in [0.15, 0.2) is 18.2 Å². The SMILES string of the molecule is CCCOc1ccc2c(c1)C(=O)C(O)C2=O. The third-order valence-corrected chi connectivity index (χ3v) is 2.49. The maximum Gasteiger partial charge on any atom is 0.200 e. The lowest BCUT2D eigenvalue weighted by Crippen LogP contribution is -2.20. The van der Waals surface area contributed by atoms with Crippen LogP contribution in [0.4, 0.5) is 0 Å². The Morgan fingerprint density at radius 1 is 1.25 bits per heavy atom. The minimum absolute atomic E-state index is 0.256. The Hall–Kier alpha value is -1.68. The highest BCUT2D eigenvalue weighted by Gasteiger charge is 2.37. The number of hydrogen-bond acceptors (Lipinski definition) is 4. The van der Waals surface area contributed by atoms with Crippen molar-refractivity contribution < 1.29 is 19.4 Å².